The van der Waals surface area contributed by atoms with E-state index in [0.717, 1.165) is 37.6 Å². The fraction of sp³-hybridized carbons (Fsp3) is 0.476. The van der Waals surface area contributed by atoms with Crippen molar-refractivity contribution in [3.63, 3.8) is 0 Å². The van der Waals surface area contributed by atoms with Crippen LogP contribution in [0, 0.1) is 6.92 Å². The number of amides is 2. The molecule has 0 bridgehead atoms. The summed E-state index contributed by atoms with van der Waals surface area (Å²) in [4.78, 5) is 28.0. The number of rotatable bonds is 5. The third-order valence-corrected chi connectivity index (χ3v) is 6.35. The van der Waals surface area contributed by atoms with Gasteiger partial charge in [0.25, 0.3) is 0 Å². The normalized spacial score (nSPS) is 20.1. The molecule has 9 heteroatoms. The Hall–Kier alpha value is -2.09. The molecule has 2 saturated heterocycles. The van der Waals surface area contributed by atoms with Crippen LogP contribution in [0.1, 0.15) is 25.5 Å². The fourth-order valence-electron chi connectivity index (χ4n) is 4.03. The van der Waals surface area contributed by atoms with E-state index in [1.165, 1.54) is 6.42 Å². The molecule has 0 aliphatic carbocycles. The van der Waals surface area contributed by atoms with Crippen molar-refractivity contribution in [1.29, 1.82) is 0 Å². The summed E-state index contributed by atoms with van der Waals surface area (Å²) in [5, 5.41) is 4.43. The molecule has 2 amide bonds. The number of urea groups is 1. The Morgan fingerprint density at radius 3 is 2.67 bits per heavy atom. The van der Waals surface area contributed by atoms with E-state index in [0.29, 0.717) is 40.8 Å². The maximum atomic E-state index is 13.1. The third-order valence-electron chi connectivity index (χ3n) is 5.61. The molecule has 2 aliphatic heterocycles. The lowest BCUT2D eigenvalue weighted by Crippen LogP contribution is -2.42. The molecule has 3 heterocycles. The molecular weight excluding hydrogens is 423 g/mol. The van der Waals surface area contributed by atoms with Crippen LogP contribution in [0.2, 0.25) is 10.0 Å². The summed E-state index contributed by atoms with van der Waals surface area (Å²) >= 11 is 12.1. The maximum absolute atomic E-state index is 13.1. The number of benzene rings is 1. The molecule has 2 fully saturated rings. The van der Waals surface area contributed by atoms with Crippen molar-refractivity contribution >= 4 is 46.7 Å². The monoisotopic (exact) mass is 448 g/mol. The van der Waals surface area contributed by atoms with Crippen molar-refractivity contribution in [3.8, 4) is 0 Å². The first-order chi connectivity index (χ1) is 14.4. The van der Waals surface area contributed by atoms with Crippen molar-refractivity contribution in [2.75, 3.05) is 47.8 Å². The molecule has 2 aromatic rings. The lowest BCUT2D eigenvalue weighted by atomic mass is 10.1. The van der Waals surface area contributed by atoms with Gasteiger partial charge in [-0.25, -0.2) is 9.78 Å². The molecule has 1 N–H and O–H groups in total. The Kier molecular flexibility index (Phi) is 6.32. The van der Waals surface area contributed by atoms with Crippen molar-refractivity contribution in [3.05, 3.63) is 40.0 Å². The highest BCUT2D eigenvalue weighted by Crippen LogP contribution is 2.30. The zero-order chi connectivity index (χ0) is 21.3. The van der Waals surface area contributed by atoms with Crippen LogP contribution >= 0.6 is 23.2 Å². The van der Waals surface area contributed by atoms with Gasteiger partial charge in [-0.1, -0.05) is 30.1 Å². The Balaban J connectivity index is 1.51. The highest BCUT2D eigenvalue weighted by Gasteiger charge is 2.33. The standard InChI is InChI=1S/C21H26Cl2N6O/c1-3-27-8-4-5-15(13-27)25-19-11-14(2)24-20(26-19)29-10-9-28(21(29)30)16-6-7-17(22)18(23)12-16/h6-7,11-12,15H,3-5,8-10,13H2,1-2H3,(H,24,25,26). The molecule has 160 valence electrons. The first kappa shape index (κ1) is 21.2. The first-order valence-electron chi connectivity index (χ1n) is 10.3. The average Bonchev–Trinajstić information content (AvgIpc) is 3.11. The number of aromatic nitrogens is 2. The van der Waals surface area contributed by atoms with Gasteiger partial charge < -0.3 is 10.2 Å². The van der Waals surface area contributed by atoms with E-state index < -0.39 is 0 Å². The molecule has 1 atom stereocenters. The Morgan fingerprint density at radius 1 is 1.10 bits per heavy atom. The smallest absolute Gasteiger partial charge is 0.331 e. The third kappa shape index (κ3) is 4.48. The molecule has 1 aromatic heterocycles. The predicted octanol–water partition coefficient (Wildman–Crippen LogP) is 4.43. The molecule has 0 radical (unpaired) electrons. The van der Waals surface area contributed by atoms with Gasteiger partial charge in [-0.2, -0.15) is 4.98 Å². The van der Waals surface area contributed by atoms with E-state index in [1.807, 2.05) is 13.0 Å². The Bertz CT molecular complexity index is 940. The van der Waals surface area contributed by atoms with Gasteiger partial charge in [0.05, 0.1) is 10.0 Å². The number of piperidine rings is 1. The van der Waals surface area contributed by atoms with E-state index in [-0.39, 0.29) is 6.03 Å². The average molecular weight is 449 g/mol. The molecule has 1 unspecified atom stereocenters. The van der Waals surface area contributed by atoms with E-state index in [4.69, 9.17) is 23.2 Å². The second-order valence-corrected chi connectivity index (χ2v) is 8.57. The minimum absolute atomic E-state index is 0.167. The largest absolute Gasteiger partial charge is 0.366 e. The predicted molar refractivity (Wildman–Crippen MR) is 122 cm³/mol. The number of hydrogen-bond acceptors (Lipinski definition) is 5. The number of halogens is 2. The van der Waals surface area contributed by atoms with Crippen LogP contribution in [0.15, 0.2) is 24.3 Å². The lowest BCUT2D eigenvalue weighted by Gasteiger charge is -2.32. The van der Waals surface area contributed by atoms with Crippen LogP contribution in [0.3, 0.4) is 0 Å². The number of hydrogen-bond donors (Lipinski definition) is 1. The zero-order valence-corrected chi connectivity index (χ0v) is 18.7. The van der Waals surface area contributed by atoms with Crippen LogP contribution < -0.4 is 15.1 Å². The number of likely N-dealkylation sites (N-methyl/N-ethyl adjacent to an activating group) is 1. The lowest BCUT2D eigenvalue weighted by molar-refractivity contribution is 0.226. The van der Waals surface area contributed by atoms with Crippen molar-refractivity contribution in [1.82, 2.24) is 14.9 Å². The maximum Gasteiger partial charge on any atom is 0.331 e. The SMILES string of the molecule is CCN1CCCC(Nc2cc(C)nc(N3CCN(c4ccc(Cl)c(Cl)c4)C3=O)n2)C1. The molecule has 30 heavy (non-hydrogen) atoms. The van der Waals surface area contributed by atoms with Gasteiger partial charge in [0, 0.05) is 43.1 Å². The minimum atomic E-state index is -0.167. The number of carbonyl (C=O) groups excluding carboxylic acids is 1. The van der Waals surface area contributed by atoms with Crippen LogP contribution in [0.4, 0.5) is 22.2 Å². The van der Waals surface area contributed by atoms with E-state index in [1.54, 1.807) is 28.0 Å². The molecular formula is C21H26Cl2N6O. The molecule has 1 aromatic carbocycles. The summed E-state index contributed by atoms with van der Waals surface area (Å²) in [6, 6.07) is 7.32. The quantitative estimate of drug-likeness (QED) is 0.732. The number of carbonyl (C=O) groups is 1. The van der Waals surface area contributed by atoms with E-state index in [2.05, 4.69) is 27.1 Å². The Labute approximate surface area is 187 Å². The molecule has 7 nitrogen and oxygen atoms in total. The second kappa shape index (κ2) is 8.96. The summed E-state index contributed by atoms with van der Waals surface area (Å²) < 4.78 is 0. The number of likely N-dealkylation sites (tertiary alicyclic amines) is 1. The van der Waals surface area contributed by atoms with Crippen LogP contribution in [0.5, 0.6) is 0 Å². The van der Waals surface area contributed by atoms with E-state index in [9.17, 15) is 4.79 Å². The highest BCUT2D eigenvalue weighted by atomic mass is 35.5. The highest BCUT2D eigenvalue weighted by molar-refractivity contribution is 6.42. The van der Waals surface area contributed by atoms with Crippen molar-refractivity contribution < 1.29 is 4.79 Å². The van der Waals surface area contributed by atoms with Gasteiger partial charge in [0.1, 0.15) is 5.82 Å². The minimum Gasteiger partial charge on any atom is -0.366 e. The van der Waals surface area contributed by atoms with Crippen molar-refractivity contribution in [2.24, 2.45) is 0 Å². The second-order valence-electron chi connectivity index (χ2n) is 7.76. The molecule has 0 spiro atoms. The Morgan fingerprint density at radius 2 is 1.90 bits per heavy atom. The van der Waals surface area contributed by atoms with Crippen LogP contribution in [-0.4, -0.2) is 59.7 Å². The summed E-state index contributed by atoms with van der Waals surface area (Å²) in [6.45, 7) is 8.36. The molecule has 0 saturated carbocycles. The zero-order valence-electron chi connectivity index (χ0n) is 17.2. The summed E-state index contributed by atoms with van der Waals surface area (Å²) in [6.07, 6.45) is 2.29. The van der Waals surface area contributed by atoms with Gasteiger partial charge in [-0.05, 0) is 51.1 Å². The first-order valence-corrected chi connectivity index (χ1v) is 11.1. The number of anilines is 3. The summed E-state index contributed by atoms with van der Waals surface area (Å²) in [5.74, 6) is 1.19. The van der Waals surface area contributed by atoms with Gasteiger partial charge in [0.15, 0.2) is 0 Å². The van der Waals surface area contributed by atoms with Gasteiger partial charge in [-0.15, -0.1) is 0 Å². The topological polar surface area (TPSA) is 64.6 Å². The summed E-state index contributed by atoms with van der Waals surface area (Å²) in [5.41, 5.74) is 1.54. The summed E-state index contributed by atoms with van der Waals surface area (Å²) in [7, 11) is 0. The molecule has 2 aliphatic rings. The number of nitrogens with zero attached hydrogens (tertiary/aromatic N) is 5. The number of aryl methyl sites for hydroxylation is 1. The fourth-order valence-corrected chi connectivity index (χ4v) is 4.32. The van der Waals surface area contributed by atoms with Gasteiger partial charge in [0.2, 0.25) is 5.95 Å². The van der Waals surface area contributed by atoms with Crippen molar-refractivity contribution in [2.45, 2.75) is 32.7 Å². The van der Waals surface area contributed by atoms with E-state index >= 15 is 0 Å². The van der Waals surface area contributed by atoms with Crippen LogP contribution in [-0.2, 0) is 0 Å². The number of nitrogens with one attached hydrogen (secondary N) is 1. The molecule has 4 rings (SSSR count). The van der Waals surface area contributed by atoms with Crippen LogP contribution in [0.25, 0.3) is 0 Å². The van der Waals surface area contributed by atoms with Gasteiger partial charge in [-0.3, -0.25) is 9.80 Å². The van der Waals surface area contributed by atoms with Gasteiger partial charge >= 0.3 is 6.03 Å².